The molecule has 10 heteroatoms. The Morgan fingerprint density at radius 1 is 0.970 bits per heavy atom. The lowest BCUT2D eigenvalue weighted by Gasteiger charge is -2.11. The molecule has 4 rings (SSSR count). The number of nitrogens with one attached hydrogen (secondary N) is 1. The van der Waals surface area contributed by atoms with Crippen LogP contribution in [-0.4, -0.2) is 52.8 Å². The number of fused-ring (bicyclic) bond motifs is 1. The monoisotopic (exact) mass is 489 g/mol. The van der Waals surface area contributed by atoms with E-state index in [1.807, 2.05) is 11.0 Å². The molecule has 8 nitrogen and oxygen atoms in total. The Morgan fingerprint density at radius 3 is 2.52 bits per heavy atom. The van der Waals surface area contributed by atoms with Gasteiger partial charge in [0.2, 0.25) is 5.91 Å². The molecule has 1 aliphatic heterocycles. The van der Waals surface area contributed by atoms with Gasteiger partial charge in [-0.05, 0) is 67.1 Å². The fourth-order valence-corrected chi connectivity index (χ4v) is 6.57. The zero-order valence-electron chi connectivity index (χ0n) is 18.5. The number of anilines is 1. The predicted molar refractivity (Wildman–Crippen MR) is 127 cm³/mol. The molecule has 0 radical (unpaired) electrons. The van der Waals surface area contributed by atoms with Crippen molar-refractivity contribution in [1.82, 2.24) is 4.90 Å². The molecular weight excluding hydrogens is 462 g/mol. The van der Waals surface area contributed by atoms with Gasteiger partial charge in [-0.3, -0.25) is 4.79 Å². The number of sulfonamides is 1. The van der Waals surface area contributed by atoms with Gasteiger partial charge in [0.05, 0.1) is 15.5 Å². The van der Waals surface area contributed by atoms with E-state index in [1.54, 1.807) is 25.2 Å². The first-order valence-electron chi connectivity index (χ1n) is 10.9. The van der Waals surface area contributed by atoms with E-state index in [-0.39, 0.29) is 27.7 Å². The summed E-state index contributed by atoms with van der Waals surface area (Å²) in [5.41, 5.74) is 2.52. The van der Waals surface area contributed by atoms with Gasteiger partial charge in [-0.2, -0.15) is 8.42 Å². The number of sulfone groups is 1. The highest BCUT2D eigenvalue weighted by Crippen LogP contribution is 2.26. The van der Waals surface area contributed by atoms with Crippen molar-refractivity contribution in [3.8, 4) is 0 Å². The van der Waals surface area contributed by atoms with Crippen LogP contribution in [0.1, 0.15) is 36.8 Å². The lowest BCUT2D eigenvalue weighted by Crippen LogP contribution is -2.20. The van der Waals surface area contributed by atoms with Gasteiger partial charge in [0, 0.05) is 32.1 Å². The Hall–Kier alpha value is -2.72. The normalized spacial score (nSPS) is 17.4. The standard InChI is InChI=1S/C23H27N3O5S2/c1-26-13-4-9-22(26)25-33(30,31)21-8-3-7-19(16-21)24-23(27)12-14-32(28,29)20-11-10-17-5-2-6-18(17)15-20/h3,7-8,10-11,15-16H,2,4-6,9,12-14H2,1H3,(H,24,27)/b25-22+. The first-order chi connectivity index (χ1) is 15.6. The molecule has 0 atom stereocenters. The van der Waals surface area contributed by atoms with Gasteiger partial charge in [-0.25, -0.2) is 8.42 Å². The average Bonchev–Trinajstić information content (AvgIpc) is 3.40. The Balaban J connectivity index is 1.41. The van der Waals surface area contributed by atoms with E-state index in [0.717, 1.165) is 37.8 Å². The lowest BCUT2D eigenvalue weighted by atomic mass is 10.1. The van der Waals surface area contributed by atoms with Gasteiger partial charge >= 0.3 is 0 Å². The second-order valence-corrected chi connectivity index (χ2v) is 12.1. The number of hydrogen-bond donors (Lipinski definition) is 1. The zero-order chi connectivity index (χ0) is 23.6. The van der Waals surface area contributed by atoms with Crippen molar-refractivity contribution in [3.05, 3.63) is 53.6 Å². The van der Waals surface area contributed by atoms with Gasteiger partial charge in [-0.1, -0.05) is 12.1 Å². The number of aryl methyl sites for hydroxylation is 2. The highest BCUT2D eigenvalue weighted by atomic mass is 32.2. The molecule has 176 valence electrons. The first-order valence-corrected chi connectivity index (χ1v) is 14.0. The highest BCUT2D eigenvalue weighted by molar-refractivity contribution is 7.91. The van der Waals surface area contributed by atoms with Crippen molar-refractivity contribution in [2.45, 2.75) is 48.3 Å². The van der Waals surface area contributed by atoms with Crippen LogP contribution in [0, 0.1) is 0 Å². The minimum absolute atomic E-state index is 0.0288. The third-order valence-corrected chi connectivity index (χ3v) is 9.02. The summed E-state index contributed by atoms with van der Waals surface area (Å²) in [7, 11) is -5.71. The molecule has 2 aromatic rings. The smallest absolute Gasteiger partial charge is 0.284 e. The van der Waals surface area contributed by atoms with Crippen molar-refractivity contribution in [2.75, 3.05) is 24.7 Å². The van der Waals surface area contributed by atoms with Gasteiger partial charge in [-0.15, -0.1) is 4.40 Å². The molecule has 1 amide bonds. The molecule has 0 spiro atoms. The maximum Gasteiger partial charge on any atom is 0.284 e. The SMILES string of the molecule is CN1CCC/C1=N\S(=O)(=O)c1cccc(NC(=O)CCS(=O)(=O)c2ccc3c(c2)CCC3)c1. The van der Waals surface area contributed by atoms with E-state index < -0.39 is 25.8 Å². The molecule has 1 saturated heterocycles. The van der Waals surface area contributed by atoms with Crippen molar-refractivity contribution < 1.29 is 21.6 Å². The maximum absolute atomic E-state index is 12.7. The summed E-state index contributed by atoms with van der Waals surface area (Å²) in [5.74, 6) is -0.312. The van der Waals surface area contributed by atoms with Crippen LogP contribution in [0.5, 0.6) is 0 Å². The number of hydrogen-bond acceptors (Lipinski definition) is 5. The van der Waals surface area contributed by atoms with Crippen LogP contribution >= 0.6 is 0 Å². The van der Waals surface area contributed by atoms with E-state index >= 15 is 0 Å². The summed E-state index contributed by atoms with van der Waals surface area (Å²) < 4.78 is 54.6. The van der Waals surface area contributed by atoms with Gasteiger partial charge in [0.1, 0.15) is 5.84 Å². The van der Waals surface area contributed by atoms with Crippen LogP contribution in [0.25, 0.3) is 0 Å². The predicted octanol–water partition coefficient (Wildman–Crippen LogP) is 2.79. The third kappa shape index (κ3) is 5.44. The van der Waals surface area contributed by atoms with Crippen LogP contribution in [-0.2, 0) is 37.5 Å². The summed E-state index contributed by atoms with van der Waals surface area (Å²) in [6.07, 6.45) is 4.10. The topological polar surface area (TPSA) is 113 Å². The van der Waals surface area contributed by atoms with Crippen molar-refractivity contribution >= 4 is 37.3 Å². The Morgan fingerprint density at radius 2 is 1.76 bits per heavy atom. The van der Waals surface area contributed by atoms with Gasteiger partial charge in [0.25, 0.3) is 10.0 Å². The fourth-order valence-electron chi connectivity index (χ4n) is 4.15. The van der Waals surface area contributed by atoms with E-state index in [1.165, 1.54) is 23.8 Å². The maximum atomic E-state index is 12.7. The lowest BCUT2D eigenvalue weighted by molar-refractivity contribution is -0.115. The van der Waals surface area contributed by atoms with Gasteiger partial charge in [0.15, 0.2) is 9.84 Å². The van der Waals surface area contributed by atoms with Crippen LogP contribution in [0.15, 0.2) is 56.7 Å². The van der Waals surface area contributed by atoms with E-state index in [0.29, 0.717) is 12.3 Å². The van der Waals surface area contributed by atoms with Crippen LogP contribution in [0.3, 0.4) is 0 Å². The van der Waals surface area contributed by atoms with Crippen LogP contribution < -0.4 is 5.32 Å². The summed E-state index contributed by atoms with van der Waals surface area (Å²) in [6.45, 7) is 0.763. The summed E-state index contributed by atoms with van der Waals surface area (Å²) in [6, 6.07) is 11.0. The largest absolute Gasteiger partial charge is 0.362 e. The number of likely N-dealkylation sites (tertiary alicyclic amines) is 1. The average molecular weight is 490 g/mol. The number of benzene rings is 2. The van der Waals surface area contributed by atoms with E-state index in [4.69, 9.17) is 0 Å². The van der Waals surface area contributed by atoms with Gasteiger partial charge < -0.3 is 10.2 Å². The number of amidine groups is 1. The summed E-state index contributed by atoms with van der Waals surface area (Å²) >= 11 is 0. The van der Waals surface area contributed by atoms with Crippen LogP contribution in [0.2, 0.25) is 0 Å². The molecule has 1 aliphatic carbocycles. The second-order valence-electron chi connectivity index (χ2n) is 8.44. The second kappa shape index (κ2) is 9.26. The highest BCUT2D eigenvalue weighted by Gasteiger charge is 2.22. The van der Waals surface area contributed by atoms with Crippen molar-refractivity contribution in [3.63, 3.8) is 0 Å². The molecule has 1 fully saturated rings. The number of carbonyl (C=O) groups is 1. The summed E-state index contributed by atoms with van der Waals surface area (Å²) in [5, 5.41) is 2.60. The molecule has 2 aromatic carbocycles. The first kappa shape index (κ1) is 23.4. The van der Waals surface area contributed by atoms with E-state index in [9.17, 15) is 21.6 Å². The number of carbonyl (C=O) groups excluding carboxylic acids is 1. The number of nitrogens with zero attached hydrogens (tertiary/aromatic N) is 2. The number of rotatable bonds is 7. The zero-order valence-corrected chi connectivity index (χ0v) is 20.1. The molecule has 1 heterocycles. The Bertz CT molecular complexity index is 1320. The fraction of sp³-hybridized carbons (Fsp3) is 0.391. The molecule has 1 N–H and O–H groups in total. The van der Waals surface area contributed by atoms with Crippen molar-refractivity contribution in [2.24, 2.45) is 4.40 Å². The Labute approximate surface area is 194 Å². The van der Waals surface area contributed by atoms with Crippen molar-refractivity contribution in [1.29, 1.82) is 0 Å². The quantitative estimate of drug-likeness (QED) is 0.640. The third-order valence-electron chi connectivity index (χ3n) is 6.00. The molecule has 0 aromatic heterocycles. The molecule has 0 bridgehead atoms. The van der Waals surface area contributed by atoms with Crippen LogP contribution in [0.4, 0.5) is 5.69 Å². The molecule has 33 heavy (non-hydrogen) atoms. The minimum Gasteiger partial charge on any atom is -0.362 e. The molecular formula is C23H27N3O5S2. The molecule has 0 unspecified atom stereocenters. The molecule has 2 aliphatic rings. The Kier molecular flexibility index (Phi) is 6.58. The summed E-state index contributed by atoms with van der Waals surface area (Å²) in [4.78, 5) is 14.4. The molecule has 0 saturated carbocycles. The number of amides is 1. The van der Waals surface area contributed by atoms with E-state index in [2.05, 4.69) is 9.71 Å². The minimum atomic E-state index is -3.91.